The van der Waals surface area contributed by atoms with Gasteiger partial charge in [0, 0.05) is 5.54 Å². The molecule has 2 atom stereocenters. The van der Waals surface area contributed by atoms with E-state index in [2.05, 4.69) is 47.7 Å². The fraction of sp³-hybridized carbons (Fsp3) is 0.923. The van der Waals surface area contributed by atoms with Crippen LogP contribution in [0.5, 0.6) is 0 Å². The van der Waals surface area contributed by atoms with Crippen LogP contribution in [0.3, 0.4) is 0 Å². The molecule has 0 bridgehead atoms. The fourth-order valence-corrected chi connectivity index (χ4v) is 3.96. The summed E-state index contributed by atoms with van der Waals surface area (Å²) in [6.07, 6.45) is 0.0246. The van der Waals surface area contributed by atoms with Crippen molar-refractivity contribution in [1.82, 2.24) is 4.90 Å². The van der Waals surface area contributed by atoms with Crippen LogP contribution in [0.2, 0.25) is 18.6 Å². The lowest BCUT2D eigenvalue weighted by atomic mass is 9.98. The van der Waals surface area contributed by atoms with Crippen molar-refractivity contribution in [3.63, 3.8) is 0 Å². The third-order valence-corrected chi connectivity index (χ3v) is 5.18. The van der Waals surface area contributed by atoms with Crippen molar-refractivity contribution in [2.24, 2.45) is 5.92 Å². The summed E-state index contributed by atoms with van der Waals surface area (Å²) < 4.78 is 5.96. The highest BCUT2D eigenvalue weighted by molar-refractivity contribution is 6.63. The van der Waals surface area contributed by atoms with E-state index in [1.807, 2.05) is 4.90 Å². The third-order valence-electron chi connectivity index (χ3n) is 3.13. The van der Waals surface area contributed by atoms with Crippen molar-refractivity contribution in [3.8, 4) is 0 Å². The van der Waals surface area contributed by atoms with E-state index >= 15 is 0 Å². The highest BCUT2D eigenvalue weighted by atomic mass is 28.3. The Hall–Kier alpha value is -0.353. The van der Waals surface area contributed by atoms with Crippen molar-refractivity contribution in [2.45, 2.75) is 65.0 Å². The molecule has 1 fully saturated rings. The molecule has 2 unspecified atom stereocenters. The van der Waals surface area contributed by atoms with Gasteiger partial charge < -0.3 is 9.64 Å². The van der Waals surface area contributed by atoms with Gasteiger partial charge in [-0.05, 0) is 26.7 Å². The van der Waals surface area contributed by atoms with Gasteiger partial charge in [0.1, 0.15) is 6.23 Å². The third kappa shape index (κ3) is 3.10. The maximum Gasteiger partial charge on any atom is 0.229 e. The average molecular weight is 257 g/mol. The Balaban J connectivity index is 2.75. The first-order chi connectivity index (χ1) is 7.66. The standard InChI is InChI=1S/C13H27NO2Si/c1-9(2)8-16-12-10(17(6)7)11(15)14(12)13(3,4)5/h9-10,12,17H,8H2,1-7H3. The smallest absolute Gasteiger partial charge is 0.229 e. The molecule has 17 heavy (non-hydrogen) atoms. The van der Waals surface area contributed by atoms with Crippen LogP contribution in [0.1, 0.15) is 34.6 Å². The normalized spacial score (nSPS) is 25.7. The first-order valence-corrected chi connectivity index (χ1v) is 9.58. The van der Waals surface area contributed by atoms with Crippen molar-refractivity contribution in [2.75, 3.05) is 6.61 Å². The summed E-state index contributed by atoms with van der Waals surface area (Å²) in [5.41, 5.74) is 0.0476. The van der Waals surface area contributed by atoms with Gasteiger partial charge in [-0.2, -0.15) is 0 Å². The minimum atomic E-state index is -0.983. The second kappa shape index (κ2) is 5.10. The van der Waals surface area contributed by atoms with E-state index in [1.54, 1.807) is 0 Å². The molecule has 0 aromatic carbocycles. The molecule has 0 saturated carbocycles. The van der Waals surface area contributed by atoms with Gasteiger partial charge >= 0.3 is 0 Å². The van der Waals surface area contributed by atoms with Gasteiger partial charge in [0.2, 0.25) is 5.91 Å². The Morgan fingerprint density at radius 2 is 1.88 bits per heavy atom. The maximum atomic E-state index is 12.2. The summed E-state index contributed by atoms with van der Waals surface area (Å²) >= 11 is 0. The summed E-state index contributed by atoms with van der Waals surface area (Å²) in [6, 6.07) is 0. The predicted octanol–water partition coefficient (Wildman–Crippen LogP) is 2.48. The van der Waals surface area contributed by atoms with E-state index in [4.69, 9.17) is 4.74 Å². The fourth-order valence-electron chi connectivity index (χ4n) is 2.28. The lowest BCUT2D eigenvalue weighted by Gasteiger charge is -2.54. The number of ether oxygens (including phenoxy) is 1. The Bertz CT molecular complexity index is 284. The lowest BCUT2D eigenvalue weighted by molar-refractivity contribution is -0.190. The van der Waals surface area contributed by atoms with Gasteiger partial charge in [0.15, 0.2) is 0 Å². The number of β-lactam (4-membered cyclic amide) rings is 1. The molecular formula is C13H27NO2Si. The summed E-state index contributed by atoms with van der Waals surface area (Å²) in [5.74, 6) is 0.815. The van der Waals surface area contributed by atoms with E-state index in [0.717, 1.165) is 6.61 Å². The molecule has 0 N–H and O–H groups in total. The highest BCUT2D eigenvalue weighted by Gasteiger charge is 2.53. The van der Waals surface area contributed by atoms with Gasteiger partial charge in [0.05, 0.1) is 20.9 Å². The zero-order valence-electron chi connectivity index (χ0n) is 12.3. The number of amides is 1. The molecule has 4 heteroatoms. The second-order valence-corrected chi connectivity index (χ2v) is 9.97. The van der Waals surface area contributed by atoms with Crippen LogP contribution < -0.4 is 0 Å². The second-order valence-electron chi connectivity index (χ2n) is 6.77. The Labute approximate surface area is 107 Å². The number of hydrogen-bond acceptors (Lipinski definition) is 2. The highest BCUT2D eigenvalue weighted by Crippen LogP contribution is 2.40. The zero-order valence-corrected chi connectivity index (χ0v) is 13.4. The Morgan fingerprint density at radius 1 is 1.35 bits per heavy atom. The largest absolute Gasteiger partial charge is 0.357 e. The first kappa shape index (κ1) is 14.7. The molecule has 0 aliphatic carbocycles. The van der Waals surface area contributed by atoms with Gasteiger partial charge in [-0.25, -0.2) is 0 Å². The lowest BCUT2D eigenvalue weighted by Crippen LogP contribution is -2.68. The monoisotopic (exact) mass is 257 g/mol. The number of hydrogen-bond donors (Lipinski definition) is 0. The molecule has 0 aromatic rings. The van der Waals surface area contributed by atoms with Crippen molar-refractivity contribution >= 4 is 14.7 Å². The summed E-state index contributed by atoms with van der Waals surface area (Å²) in [7, 11) is -0.983. The number of likely N-dealkylation sites (tertiary alicyclic amines) is 1. The number of nitrogens with zero attached hydrogens (tertiary/aromatic N) is 1. The van der Waals surface area contributed by atoms with E-state index < -0.39 is 8.80 Å². The van der Waals surface area contributed by atoms with Crippen LogP contribution in [0, 0.1) is 5.92 Å². The maximum absolute atomic E-state index is 12.2. The molecule has 0 aromatic heterocycles. The van der Waals surface area contributed by atoms with Gasteiger partial charge in [0.25, 0.3) is 0 Å². The quantitative estimate of drug-likeness (QED) is 0.572. The van der Waals surface area contributed by atoms with Crippen LogP contribution in [-0.4, -0.2) is 38.0 Å². The average Bonchev–Trinajstić information content (AvgIpc) is 2.07. The number of carbonyl (C=O) groups is 1. The zero-order chi connectivity index (χ0) is 13.4. The van der Waals surface area contributed by atoms with Gasteiger partial charge in [-0.3, -0.25) is 4.79 Å². The first-order valence-electron chi connectivity index (χ1n) is 6.61. The molecular weight excluding hydrogens is 230 g/mol. The van der Waals surface area contributed by atoms with Crippen LogP contribution in [0.4, 0.5) is 0 Å². The molecule has 1 aliphatic rings. The summed E-state index contributed by atoms with van der Waals surface area (Å²) in [4.78, 5) is 14.1. The molecule has 1 rings (SSSR count). The van der Waals surface area contributed by atoms with Gasteiger partial charge in [-0.15, -0.1) is 0 Å². The number of carbonyl (C=O) groups excluding carboxylic acids is 1. The molecule has 1 heterocycles. The van der Waals surface area contributed by atoms with Crippen LogP contribution in [-0.2, 0) is 9.53 Å². The van der Waals surface area contributed by atoms with Crippen LogP contribution in [0.25, 0.3) is 0 Å². The predicted molar refractivity (Wildman–Crippen MR) is 73.8 cm³/mol. The minimum Gasteiger partial charge on any atom is -0.357 e. The molecule has 1 amide bonds. The Morgan fingerprint density at radius 3 is 2.24 bits per heavy atom. The number of rotatable bonds is 4. The van der Waals surface area contributed by atoms with Gasteiger partial charge in [-0.1, -0.05) is 26.9 Å². The summed E-state index contributed by atoms with van der Waals surface area (Å²) in [5, 5.41) is 0. The molecule has 3 nitrogen and oxygen atoms in total. The summed E-state index contributed by atoms with van der Waals surface area (Å²) in [6.45, 7) is 15.7. The van der Waals surface area contributed by atoms with Crippen LogP contribution >= 0.6 is 0 Å². The van der Waals surface area contributed by atoms with E-state index in [-0.39, 0.29) is 17.3 Å². The van der Waals surface area contributed by atoms with Crippen LogP contribution in [0.15, 0.2) is 0 Å². The minimum absolute atomic E-state index is 0.0246. The SMILES string of the molecule is CC(C)COC1C([SiH](C)C)C(=O)N1C(C)(C)C. The van der Waals surface area contributed by atoms with Crippen molar-refractivity contribution in [3.05, 3.63) is 0 Å². The molecule has 0 spiro atoms. The van der Waals surface area contributed by atoms with E-state index in [0.29, 0.717) is 11.8 Å². The molecule has 1 aliphatic heterocycles. The topological polar surface area (TPSA) is 29.5 Å². The van der Waals surface area contributed by atoms with E-state index in [9.17, 15) is 4.79 Å². The van der Waals surface area contributed by atoms with Crippen molar-refractivity contribution < 1.29 is 9.53 Å². The Kier molecular flexibility index (Phi) is 4.41. The van der Waals surface area contributed by atoms with Crippen molar-refractivity contribution in [1.29, 1.82) is 0 Å². The molecule has 0 radical (unpaired) electrons. The molecule has 100 valence electrons. The van der Waals surface area contributed by atoms with E-state index in [1.165, 1.54) is 0 Å². The molecule has 1 saturated heterocycles.